The van der Waals surface area contributed by atoms with Gasteiger partial charge in [-0.2, -0.15) is 0 Å². The van der Waals surface area contributed by atoms with E-state index in [4.69, 9.17) is 9.47 Å². The van der Waals surface area contributed by atoms with Crippen LogP contribution in [0.15, 0.2) is 91.1 Å². The second-order valence-corrected chi connectivity index (χ2v) is 15.5. The van der Waals surface area contributed by atoms with Crippen LogP contribution in [0, 0.1) is 6.92 Å². The molecule has 4 heterocycles. The number of carboxylic acid groups (broad SMARTS) is 1. The van der Waals surface area contributed by atoms with Gasteiger partial charge in [0.15, 0.2) is 0 Å². The number of nitrogens with zero attached hydrogens (tertiary/aromatic N) is 4. The van der Waals surface area contributed by atoms with Gasteiger partial charge >= 0.3 is 12.1 Å². The number of carbonyl (C=O) groups is 3. The molecule has 4 aromatic carbocycles. The largest absolute Gasteiger partial charge is 0.478 e. The monoisotopic (exact) mass is 750 g/mol. The number of hydrogen-bond acceptors (Lipinski definition) is 6. The van der Waals surface area contributed by atoms with E-state index in [0.717, 1.165) is 47.3 Å². The van der Waals surface area contributed by atoms with E-state index in [1.807, 2.05) is 65.2 Å². The molecule has 1 atom stereocenters. The van der Waals surface area contributed by atoms with Gasteiger partial charge in [0.1, 0.15) is 6.61 Å². The lowest BCUT2D eigenvalue weighted by Crippen LogP contribution is -2.52. The minimum atomic E-state index is -1.03. The molecule has 9 rings (SSSR count). The number of hydrogen-bond donors (Lipinski definition) is 1. The molecule has 1 aromatic heterocycles. The van der Waals surface area contributed by atoms with Crippen molar-refractivity contribution in [1.82, 2.24) is 19.3 Å². The molecule has 10 heteroatoms. The first-order valence-electron chi connectivity index (χ1n) is 19.6. The van der Waals surface area contributed by atoms with Gasteiger partial charge in [-0.25, -0.2) is 9.59 Å². The molecule has 1 aliphatic carbocycles. The molecule has 10 nitrogen and oxygen atoms in total. The normalized spacial score (nSPS) is 17.9. The Labute approximate surface area is 326 Å². The minimum Gasteiger partial charge on any atom is -0.478 e. The van der Waals surface area contributed by atoms with E-state index in [2.05, 4.69) is 47.4 Å². The standard InChI is InChI=1S/C46H46N4O6/c1-29-43(45(52)53)41(27-47(29)2)39-22-31-15-16-49(46(54)56-28-42-37-13-7-5-11-35(37)36-12-6-8-14-38(36)42)24-33(31)23-40(39)44(51)50-25-32-10-4-3-9-30(32)21-34(50)26-48-17-19-55-20-18-48/h3-14,22-23,27,34,42H,15-21,24-26,28H2,1-2H3,(H,52,53)/t34-/m0/s1. The summed E-state index contributed by atoms with van der Waals surface area (Å²) in [5, 5.41) is 10.4. The van der Waals surface area contributed by atoms with Crippen LogP contribution >= 0.6 is 0 Å². The summed E-state index contributed by atoms with van der Waals surface area (Å²) in [5.74, 6) is -1.23. The Balaban J connectivity index is 1.04. The first-order chi connectivity index (χ1) is 27.2. The molecular weight excluding hydrogens is 705 g/mol. The first kappa shape index (κ1) is 36.0. The van der Waals surface area contributed by atoms with Crippen LogP contribution in [0.5, 0.6) is 0 Å². The van der Waals surface area contributed by atoms with Crippen LogP contribution in [0.2, 0.25) is 0 Å². The van der Waals surface area contributed by atoms with E-state index in [1.54, 1.807) is 11.8 Å². The number of rotatable bonds is 7. The molecule has 286 valence electrons. The molecule has 0 spiro atoms. The maximum absolute atomic E-state index is 15.2. The molecule has 1 N–H and O–H groups in total. The highest BCUT2D eigenvalue weighted by molar-refractivity contribution is 6.06. The van der Waals surface area contributed by atoms with Gasteiger partial charge in [-0.3, -0.25) is 9.69 Å². The van der Waals surface area contributed by atoms with E-state index in [1.165, 1.54) is 16.7 Å². The number of amides is 2. The highest BCUT2D eigenvalue weighted by Gasteiger charge is 2.36. The molecular formula is C46H46N4O6. The Bertz CT molecular complexity index is 2310. The van der Waals surface area contributed by atoms with Gasteiger partial charge in [0.05, 0.1) is 18.8 Å². The van der Waals surface area contributed by atoms with Crippen LogP contribution in [0.25, 0.3) is 22.3 Å². The smallest absolute Gasteiger partial charge is 0.410 e. The fourth-order valence-electron chi connectivity index (χ4n) is 9.28. The third-order valence-electron chi connectivity index (χ3n) is 12.4. The van der Waals surface area contributed by atoms with Crippen molar-refractivity contribution in [1.29, 1.82) is 0 Å². The molecule has 4 aliphatic rings. The van der Waals surface area contributed by atoms with Crippen LogP contribution in [-0.4, -0.2) is 94.4 Å². The van der Waals surface area contributed by atoms with Crippen molar-refractivity contribution in [3.63, 3.8) is 0 Å². The van der Waals surface area contributed by atoms with Gasteiger partial charge < -0.3 is 28.9 Å². The number of aromatic nitrogens is 1. The lowest BCUT2D eigenvalue weighted by atomic mass is 9.88. The van der Waals surface area contributed by atoms with Gasteiger partial charge in [-0.15, -0.1) is 0 Å². The third kappa shape index (κ3) is 6.46. The predicted octanol–water partition coefficient (Wildman–Crippen LogP) is 6.91. The Morgan fingerprint density at radius 2 is 1.46 bits per heavy atom. The number of carbonyl (C=O) groups excluding carboxylic acids is 2. The summed E-state index contributed by atoms with van der Waals surface area (Å²) in [6.07, 6.45) is 2.70. The number of carboxylic acids is 1. The Morgan fingerprint density at radius 3 is 2.18 bits per heavy atom. The second kappa shape index (κ2) is 14.7. The van der Waals surface area contributed by atoms with Crippen molar-refractivity contribution in [2.45, 2.75) is 44.8 Å². The SMILES string of the molecule is Cc1c(C(=O)O)c(-c2cc3c(cc2C(=O)N2Cc4ccccc4C[C@H]2CN2CCOCC2)CN(C(=O)OCC2c4ccccc4-c4ccccc42)CC3)cn1C. The van der Waals surface area contributed by atoms with E-state index in [-0.39, 0.29) is 42.7 Å². The van der Waals surface area contributed by atoms with Crippen molar-refractivity contribution in [3.8, 4) is 22.3 Å². The molecule has 0 bridgehead atoms. The van der Waals surface area contributed by atoms with Gasteiger partial charge in [-0.05, 0) is 82.0 Å². The minimum absolute atomic E-state index is 0.0481. The zero-order chi connectivity index (χ0) is 38.5. The lowest BCUT2D eigenvalue weighted by Gasteiger charge is -2.41. The molecule has 1 saturated heterocycles. The van der Waals surface area contributed by atoms with Crippen LogP contribution < -0.4 is 0 Å². The number of ether oxygens (including phenoxy) is 2. The molecule has 5 aromatic rings. The molecule has 1 fully saturated rings. The van der Waals surface area contributed by atoms with Crippen LogP contribution in [0.3, 0.4) is 0 Å². The molecule has 3 aliphatic heterocycles. The summed E-state index contributed by atoms with van der Waals surface area (Å²) in [6, 6.07) is 28.7. The number of aryl methyl sites for hydroxylation is 1. The topological polar surface area (TPSA) is 105 Å². The number of morpholine rings is 1. The Kier molecular flexibility index (Phi) is 9.47. The fourth-order valence-corrected chi connectivity index (χ4v) is 9.28. The molecule has 56 heavy (non-hydrogen) atoms. The molecule has 0 saturated carbocycles. The summed E-state index contributed by atoms with van der Waals surface area (Å²) in [6.45, 7) is 6.85. The quantitative estimate of drug-likeness (QED) is 0.193. The maximum atomic E-state index is 15.2. The van der Waals surface area contributed by atoms with E-state index >= 15 is 4.79 Å². The van der Waals surface area contributed by atoms with Gasteiger partial charge in [0.25, 0.3) is 5.91 Å². The first-order valence-corrected chi connectivity index (χ1v) is 19.6. The van der Waals surface area contributed by atoms with Gasteiger partial charge in [0, 0.05) is 81.3 Å². The summed E-state index contributed by atoms with van der Waals surface area (Å²) in [4.78, 5) is 47.8. The highest BCUT2D eigenvalue weighted by atomic mass is 16.6. The summed E-state index contributed by atoms with van der Waals surface area (Å²) in [5.41, 5.74) is 11.2. The van der Waals surface area contributed by atoms with Crippen LogP contribution in [0.4, 0.5) is 4.79 Å². The predicted molar refractivity (Wildman–Crippen MR) is 213 cm³/mol. The summed E-state index contributed by atoms with van der Waals surface area (Å²) < 4.78 is 13.5. The number of aromatic carboxylic acids is 1. The van der Waals surface area contributed by atoms with Crippen molar-refractivity contribution in [2.75, 3.05) is 46.0 Å². The van der Waals surface area contributed by atoms with Crippen molar-refractivity contribution in [2.24, 2.45) is 7.05 Å². The fraction of sp³-hybridized carbons (Fsp3) is 0.326. The molecule has 0 radical (unpaired) electrons. The number of fused-ring (bicyclic) bond motifs is 5. The summed E-state index contributed by atoms with van der Waals surface area (Å²) in [7, 11) is 1.83. The molecule has 2 amide bonds. The summed E-state index contributed by atoms with van der Waals surface area (Å²) >= 11 is 0. The Morgan fingerprint density at radius 1 is 0.786 bits per heavy atom. The van der Waals surface area contributed by atoms with Gasteiger partial charge in [0.2, 0.25) is 0 Å². The molecule has 0 unspecified atom stereocenters. The van der Waals surface area contributed by atoms with Crippen LogP contribution in [-0.2, 0) is 42.5 Å². The maximum Gasteiger partial charge on any atom is 0.410 e. The van der Waals surface area contributed by atoms with E-state index in [9.17, 15) is 14.7 Å². The average molecular weight is 751 g/mol. The zero-order valence-corrected chi connectivity index (χ0v) is 31.9. The average Bonchev–Trinajstić information content (AvgIpc) is 3.71. The lowest BCUT2D eigenvalue weighted by molar-refractivity contribution is 0.0193. The third-order valence-corrected chi connectivity index (χ3v) is 12.4. The van der Waals surface area contributed by atoms with Crippen LogP contribution in [0.1, 0.15) is 65.7 Å². The Hall–Kier alpha value is -5.71. The van der Waals surface area contributed by atoms with Crippen molar-refractivity contribution in [3.05, 3.63) is 141 Å². The zero-order valence-electron chi connectivity index (χ0n) is 31.9. The highest BCUT2D eigenvalue weighted by Crippen LogP contribution is 2.45. The second-order valence-electron chi connectivity index (χ2n) is 15.5. The van der Waals surface area contributed by atoms with Crippen molar-refractivity contribution >= 4 is 18.0 Å². The van der Waals surface area contributed by atoms with Gasteiger partial charge in [-0.1, -0.05) is 72.8 Å². The van der Waals surface area contributed by atoms with E-state index < -0.39 is 5.97 Å². The van der Waals surface area contributed by atoms with E-state index in [0.29, 0.717) is 61.7 Å². The van der Waals surface area contributed by atoms with Crippen molar-refractivity contribution < 1.29 is 29.0 Å². The number of benzene rings is 4.